The van der Waals surface area contributed by atoms with E-state index in [1.54, 1.807) is 20.8 Å². The van der Waals surface area contributed by atoms with Gasteiger partial charge in [-0.15, -0.1) is 12.6 Å². The van der Waals surface area contributed by atoms with E-state index >= 15 is 0 Å². The highest BCUT2D eigenvalue weighted by atomic mass is 32.1. The Kier molecular flexibility index (Phi) is 9.57. The lowest BCUT2D eigenvalue weighted by molar-refractivity contribution is -0.138. The Hall–Kier alpha value is -1.47. The first kappa shape index (κ1) is 18.5. The Morgan fingerprint density at radius 3 is 2.20 bits per heavy atom. The average Bonchev–Trinajstić information content (AvgIpc) is 2.42. The Balaban J connectivity index is 5.24. The van der Waals surface area contributed by atoms with Crippen LogP contribution in [0.4, 0.5) is 0 Å². The molecule has 0 aromatic heterocycles. The summed E-state index contributed by atoms with van der Waals surface area (Å²) in [4.78, 5) is 22.6. The largest absolute Gasteiger partial charge is 0.506 e. The van der Waals surface area contributed by atoms with Gasteiger partial charge in [0, 0.05) is 18.3 Å². The van der Waals surface area contributed by atoms with Crippen molar-refractivity contribution in [1.29, 1.82) is 0 Å². The highest BCUT2D eigenvalue weighted by molar-refractivity contribution is 7.85. The van der Waals surface area contributed by atoms with E-state index in [9.17, 15) is 14.7 Å². The number of esters is 2. The van der Waals surface area contributed by atoms with Crippen molar-refractivity contribution in [2.45, 2.75) is 20.8 Å². The van der Waals surface area contributed by atoms with Crippen LogP contribution >= 0.6 is 12.6 Å². The number of aliphatic hydroxyl groups is 1. The van der Waals surface area contributed by atoms with Crippen molar-refractivity contribution >= 4 is 24.6 Å². The Morgan fingerprint density at radius 2 is 1.70 bits per heavy atom. The first-order valence-electron chi connectivity index (χ1n) is 6.22. The maximum atomic E-state index is 11.5. The quantitative estimate of drug-likeness (QED) is 0.234. The fourth-order valence-corrected chi connectivity index (χ4v) is 1.37. The Labute approximate surface area is 123 Å². The molecule has 1 N–H and O–H groups in total. The summed E-state index contributed by atoms with van der Waals surface area (Å²) in [5.41, 5.74) is 0.100. The summed E-state index contributed by atoms with van der Waals surface area (Å²) >= 11 is 3.90. The first-order chi connectivity index (χ1) is 9.47. The molecule has 0 fully saturated rings. The normalized spacial score (nSPS) is 12.7. The molecule has 0 aliphatic rings. The average molecular weight is 304 g/mol. The van der Waals surface area contributed by atoms with Gasteiger partial charge in [-0.2, -0.15) is 0 Å². The Bertz CT molecular complexity index is 400. The molecule has 0 atom stereocenters. The van der Waals surface area contributed by atoms with Gasteiger partial charge in [-0.05, 0) is 20.8 Å². The van der Waals surface area contributed by atoms with E-state index in [2.05, 4.69) is 12.6 Å². The number of carbonyl (C=O) groups excluding carboxylic acids is 2. The number of hydrogen-bond donors (Lipinski definition) is 2. The summed E-state index contributed by atoms with van der Waals surface area (Å²) in [5.74, 6) is -1.88. The molecule has 6 nitrogen and oxygen atoms in total. The number of rotatable bonds is 8. The molecule has 0 saturated carbocycles. The second-order valence-electron chi connectivity index (χ2n) is 3.48. The molecule has 0 aromatic rings. The van der Waals surface area contributed by atoms with Crippen molar-refractivity contribution < 1.29 is 28.9 Å². The van der Waals surface area contributed by atoms with Gasteiger partial charge in [-0.25, -0.2) is 9.59 Å². The second kappa shape index (κ2) is 10.3. The smallest absolute Gasteiger partial charge is 0.348 e. The van der Waals surface area contributed by atoms with E-state index in [0.29, 0.717) is 6.61 Å². The van der Waals surface area contributed by atoms with Gasteiger partial charge in [0.15, 0.2) is 0 Å². The third-order valence-corrected chi connectivity index (χ3v) is 2.43. The molecular weight excluding hydrogens is 284 g/mol. The maximum Gasteiger partial charge on any atom is 0.348 e. The summed E-state index contributed by atoms with van der Waals surface area (Å²) in [6.07, 6.45) is 1.06. The zero-order chi connectivity index (χ0) is 15.5. The molecule has 0 amide bonds. The monoisotopic (exact) mass is 304 g/mol. The van der Waals surface area contributed by atoms with Crippen LogP contribution < -0.4 is 0 Å². The number of hydrogen-bond acceptors (Lipinski definition) is 7. The molecule has 0 aromatic carbocycles. The molecule has 0 aliphatic heterocycles. The van der Waals surface area contributed by atoms with Crippen molar-refractivity contribution in [2.75, 3.05) is 26.4 Å². The number of carbonyl (C=O) groups is 2. The zero-order valence-corrected chi connectivity index (χ0v) is 12.7. The number of thiol groups is 1. The van der Waals surface area contributed by atoms with Crippen molar-refractivity contribution in [3.63, 3.8) is 0 Å². The molecule has 0 aliphatic carbocycles. The van der Waals surface area contributed by atoms with E-state index < -0.39 is 17.7 Å². The van der Waals surface area contributed by atoms with Gasteiger partial charge >= 0.3 is 11.9 Å². The van der Waals surface area contributed by atoms with E-state index in [1.807, 2.05) is 0 Å². The standard InChI is InChI=1S/C13H20O6S/c1-4-17-8-9(7-10(14)18-5-2)11(15)12(20)13(16)19-6-3/h7,15,20H,4-6,8H2,1-3H3/b9-7+,12-11+. The lowest BCUT2D eigenvalue weighted by Crippen LogP contribution is -2.11. The molecule has 0 saturated heterocycles. The van der Waals surface area contributed by atoms with Crippen molar-refractivity contribution in [2.24, 2.45) is 0 Å². The SMILES string of the molecule is CCOCC(=C\C(=O)OCC)/C(O)=C(\S)C(=O)OCC. The maximum absolute atomic E-state index is 11.5. The Morgan fingerprint density at radius 1 is 1.10 bits per heavy atom. The summed E-state index contributed by atoms with van der Waals surface area (Å²) in [6.45, 7) is 5.73. The fourth-order valence-electron chi connectivity index (χ4n) is 1.16. The van der Waals surface area contributed by atoms with Crippen LogP contribution in [-0.2, 0) is 23.8 Å². The van der Waals surface area contributed by atoms with Crippen LogP contribution in [-0.4, -0.2) is 43.5 Å². The third kappa shape index (κ3) is 6.63. The first-order valence-corrected chi connectivity index (χ1v) is 6.67. The summed E-state index contributed by atoms with van der Waals surface area (Å²) in [5, 5.41) is 9.96. The highest BCUT2D eigenvalue weighted by Crippen LogP contribution is 2.17. The van der Waals surface area contributed by atoms with Gasteiger partial charge < -0.3 is 19.3 Å². The molecule has 0 spiro atoms. The molecule has 0 heterocycles. The third-order valence-electron chi connectivity index (χ3n) is 2.04. The minimum absolute atomic E-state index is 0.0510. The van der Waals surface area contributed by atoms with Gasteiger partial charge in [-0.1, -0.05) is 0 Å². The predicted molar refractivity (Wildman–Crippen MR) is 76.5 cm³/mol. The predicted octanol–water partition coefficient (Wildman–Crippen LogP) is 1.77. The van der Waals surface area contributed by atoms with Crippen LogP contribution in [0.2, 0.25) is 0 Å². The van der Waals surface area contributed by atoms with Crippen LogP contribution in [0, 0.1) is 0 Å². The highest BCUT2D eigenvalue weighted by Gasteiger charge is 2.17. The molecule has 114 valence electrons. The van der Waals surface area contributed by atoms with Gasteiger partial charge in [0.1, 0.15) is 10.7 Å². The van der Waals surface area contributed by atoms with Crippen molar-refractivity contribution in [1.82, 2.24) is 0 Å². The second-order valence-corrected chi connectivity index (χ2v) is 3.92. The zero-order valence-electron chi connectivity index (χ0n) is 11.8. The lowest BCUT2D eigenvalue weighted by Gasteiger charge is -2.09. The minimum atomic E-state index is -0.778. The molecule has 7 heteroatoms. The topological polar surface area (TPSA) is 82.1 Å². The molecule has 0 radical (unpaired) electrons. The van der Waals surface area contributed by atoms with Crippen LogP contribution in [0.3, 0.4) is 0 Å². The number of ether oxygens (including phenoxy) is 3. The van der Waals surface area contributed by atoms with Gasteiger partial charge in [0.2, 0.25) is 0 Å². The van der Waals surface area contributed by atoms with Crippen LogP contribution in [0.5, 0.6) is 0 Å². The van der Waals surface area contributed by atoms with Crippen molar-refractivity contribution in [3.05, 3.63) is 22.3 Å². The molecule has 0 rings (SSSR count). The van der Waals surface area contributed by atoms with Crippen LogP contribution in [0.25, 0.3) is 0 Å². The molecular formula is C13H20O6S. The van der Waals surface area contributed by atoms with Gasteiger partial charge in [-0.3, -0.25) is 0 Å². The lowest BCUT2D eigenvalue weighted by atomic mass is 10.2. The summed E-state index contributed by atoms with van der Waals surface area (Å²) in [7, 11) is 0. The molecule has 0 unspecified atom stereocenters. The van der Waals surface area contributed by atoms with Crippen molar-refractivity contribution in [3.8, 4) is 0 Å². The van der Waals surface area contributed by atoms with E-state index in [1.165, 1.54) is 0 Å². The molecule has 20 heavy (non-hydrogen) atoms. The summed E-state index contributed by atoms with van der Waals surface area (Å²) in [6, 6.07) is 0. The van der Waals surface area contributed by atoms with Gasteiger partial charge in [0.25, 0.3) is 0 Å². The van der Waals surface area contributed by atoms with E-state index in [4.69, 9.17) is 14.2 Å². The van der Waals surface area contributed by atoms with E-state index in [-0.39, 0.29) is 30.3 Å². The van der Waals surface area contributed by atoms with Crippen LogP contribution in [0.1, 0.15) is 20.8 Å². The summed E-state index contributed by atoms with van der Waals surface area (Å²) < 4.78 is 14.6. The van der Waals surface area contributed by atoms with E-state index in [0.717, 1.165) is 6.08 Å². The number of aliphatic hydroxyl groups excluding tert-OH is 1. The van der Waals surface area contributed by atoms with Crippen LogP contribution in [0.15, 0.2) is 22.3 Å². The fraction of sp³-hybridized carbons (Fsp3) is 0.538. The van der Waals surface area contributed by atoms with Gasteiger partial charge in [0.05, 0.1) is 19.8 Å². The minimum Gasteiger partial charge on any atom is -0.506 e. The molecule has 0 bridgehead atoms.